The fourth-order valence-electron chi connectivity index (χ4n) is 1.48. The molecule has 2 rings (SSSR count). The molecule has 4 nitrogen and oxygen atoms in total. The molecule has 2 aromatic rings. The number of benzene rings is 1. The van der Waals surface area contributed by atoms with Crippen molar-refractivity contribution >= 4 is 22.6 Å². The predicted molar refractivity (Wildman–Crippen MR) is 54.4 cm³/mol. The molecule has 72 valence electrons. The third-order valence-corrected chi connectivity index (χ3v) is 2.35. The first kappa shape index (κ1) is 8.62. The van der Waals surface area contributed by atoms with E-state index in [0.29, 0.717) is 5.69 Å². The number of fused-ring (bicyclic) bond motifs is 1. The monoisotopic (exact) mass is 190 g/mol. The van der Waals surface area contributed by atoms with Crippen molar-refractivity contribution in [1.82, 2.24) is 4.98 Å². The Morgan fingerprint density at radius 2 is 2.21 bits per heavy atom. The van der Waals surface area contributed by atoms with E-state index in [4.69, 9.17) is 10.8 Å². The molecule has 0 unspecified atom stereocenters. The molecule has 1 aromatic carbocycles. The molecular formula is C10H10N2O2. The molecule has 0 aliphatic heterocycles. The van der Waals surface area contributed by atoms with Gasteiger partial charge in [-0.1, -0.05) is 0 Å². The molecule has 4 N–H and O–H groups in total. The van der Waals surface area contributed by atoms with E-state index in [1.165, 1.54) is 0 Å². The summed E-state index contributed by atoms with van der Waals surface area (Å²) in [6.07, 6.45) is 0. The van der Waals surface area contributed by atoms with Gasteiger partial charge in [0.1, 0.15) is 5.69 Å². The van der Waals surface area contributed by atoms with Gasteiger partial charge in [0.25, 0.3) is 0 Å². The molecule has 0 fully saturated rings. The van der Waals surface area contributed by atoms with Crippen molar-refractivity contribution in [3.05, 3.63) is 29.5 Å². The van der Waals surface area contributed by atoms with Gasteiger partial charge in [-0.3, -0.25) is 0 Å². The van der Waals surface area contributed by atoms with E-state index in [-0.39, 0.29) is 5.69 Å². The average molecular weight is 190 g/mol. The number of H-pyrrole nitrogens is 1. The summed E-state index contributed by atoms with van der Waals surface area (Å²) in [7, 11) is 0. The molecule has 0 saturated carbocycles. The molecule has 4 heteroatoms. The molecule has 0 aliphatic carbocycles. The van der Waals surface area contributed by atoms with Gasteiger partial charge in [0, 0.05) is 16.6 Å². The van der Waals surface area contributed by atoms with Gasteiger partial charge in [0.15, 0.2) is 0 Å². The summed E-state index contributed by atoms with van der Waals surface area (Å²) in [6, 6.07) is 5.15. The van der Waals surface area contributed by atoms with Gasteiger partial charge >= 0.3 is 5.97 Å². The normalized spacial score (nSPS) is 10.6. The lowest BCUT2D eigenvalue weighted by atomic mass is 10.1. The lowest BCUT2D eigenvalue weighted by Gasteiger charge is -1.99. The number of carbonyl (C=O) groups is 1. The van der Waals surface area contributed by atoms with E-state index in [9.17, 15) is 4.79 Å². The van der Waals surface area contributed by atoms with E-state index >= 15 is 0 Å². The number of aromatic carboxylic acids is 1. The molecule has 1 aromatic heterocycles. The van der Waals surface area contributed by atoms with Gasteiger partial charge in [-0.15, -0.1) is 0 Å². The first-order valence-electron chi connectivity index (χ1n) is 4.20. The Morgan fingerprint density at radius 3 is 2.86 bits per heavy atom. The van der Waals surface area contributed by atoms with Crippen LogP contribution in [0, 0.1) is 6.92 Å². The SMILES string of the molecule is Cc1c(N)ccc2[nH]c(C(=O)O)cc12. The summed E-state index contributed by atoms with van der Waals surface area (Å²) in [5, 5.41) is 9.65. The van der Waals surface area contributed by atoms with Crippen LogP contribution in [-0.4, -0.2) is 16.1 Å². The predicted octanol–water partition coefficient (Wildman–Crippen LogP) is 1.76. The lowest BCUT2D eigenvalue weighted by Crippen LogP contribution is -1.94. The number of aryl methyl sites for hydroxylation is 1. The van der Waals surface area contributed by atoms with Crippen LogP contribution in [0.5, 0.6) is 0 Å². The van der Waals surface area contributed by atoms with Crippen LogP contribution in [0.15, 0.2) is 18.2 Å². The van der Waals surface area contributed by atoms with Gasteiger partial charge in [-0.2, -0.15) is 0 Å². The average Bonchev–Trinajstić information content (AvgIpc) is 2.56. The minimum absolute atomic E-state index is 0.189. The molecule has 0 saturated heterocycles. The second-order valence-electron chi connectivity index (χ2n) is 3.23. The van der Waals surface area contributed by atoms with Crippen molar-refractivity contribution in [3.8, 4) is 0 Å². The van der Waals surface area contributed by atoms with E-state index in [1.54, 1.807) is 18.2 Å². The fourth-order valence-corrected chi connectivity index (χ4v) is 1.48. The maximum atomic E-state index is 10.7. The topological polar surface area (TPSA) is 79.1 Å². The first-order valence-corrected chi connectivity index (χ1v) is 4.20. The van der Waals surface area contributed by atoms with Crippen LogP contribution in [0.4, 0.5) is 5.69 Å². The summed E-state index contributed by atoms with van der Waals surface area (Å²) in [6.45, 7) is 1.87. The molecule has 1 heterocycles. The van der Waals surface area contributed by atoms with Crippen LogP contribution >= 0.6 is 0 Å². The van der Waals surface area contributed by atoms with Gasteiger partial charge < -0.3 is 15.8 Å². The van der Waals surface area contributed by atoms with E-state index in [0.717, 1.165) is 16.5 Å². The minimum Gasteiger partial charge on any atom is -0.477 e. The molecule has 0 aliphatic rings. The van der Waals surface area contributed by atoms with Gasteiger partial charge in [-0.05, 0) is 30.7 Å². The van der Waals surface area contributed by atoms with Crippen LogP contribution in [0.2, 0.25) is 0 Å². The number of carboxylic acids is 1. The second-order valence-corrected chi connectivity index (χ2v) is 3.23. The van der Waals surface area contributed by atoms with Crippen LogP contribution < -0.4 is 5.73 Å². The summed E-state index contributed by atoms with van der Waals surface area (Å²) >= 11 is 0. The smallest absolute Gasteiger partial charge is 0.352 e. The highest BCUT2D eigenvalue weighted by Gasteiger charge is 2.09. The summed E-state index contributed by atoms with van der Waals surface area (Å²) in [5.41, 5.74) is 8.28. The number of rotatable bonds is 1. The standard InChI is InChI=1S/C10H10N2O2/c1-5-6-4-9(10(13)14)12-8(6)3-2-7(5)11/h2-4,12H,11H2,1H3,(H,13,14). The Kier molecular flexibility index (Phi) is 1.70. The highest BCUT2D eigenvalue weighted by atomic mass is 16.4. The molecule has 0 amide bonds. The van der Waals surface area contributed by atoms with E-state index in [1.807, 2.05) is 6.92 Å². The zero-order valence-electron chi connectivity index (χ0n) is 7.66. The van der Waals surface area contributed by atoms with Crippen LogP contribution in [-0.2, 0) is 0 Å². The number of hydrogen-bond acceptors (Lipinski definition) is 2. The Morgan fingerprint density at radius 1 is 1.50 bits per heavy atom. The van der Waals surface area contributed by atoms with Gasteiger partial charge in [0.05, 0.1) is 0 Å². The number of nitrogens with one attached hydrogen (secondary N) is 1. The molecule has 14 heavy (non-hydrogen) atoms. The summed E-state index contributed by atoms with van der Waals surface area (Å²) < 4.78 is 0. The minimum atomic E-state index is -0.959. The van der Waals surface area contributed by atoms with Crippen molar-refractivity contribution in [2.75, 3.05) is 5.73 Å². The number of aromatic nitrogens is 1. The zero-order valence-corrected chi connectivity index (χ0v) is 7.66. The fraction of sp³-hybridized carbons (Fsp3) is 0.100. The number of nitrogens with two attached hydrogens (primary N) is 1. The van der Waals surface area contributed by atoms with Crippen LogP contribution in [0.3, 0.4) is 0 Å². The first-order chi connectivity index (χ1) is 6.59. The molecule has 0 spiro atoms. The number of anilines is 1. The Balaban J connectivity index is 2.77. The molecule has 0 bridgehead atoms. The molecule has 0 atom stereocenters. The quantitative estimate of drug-likeness (QED) is 0.599. The Labute approximate surface area is 80.3 Å². The number of carboxylic acid groups (broad SMARTS) is 1. The highest BCUT2D eigenvalue weighted by Crippen LogP contribution is 2.23. The van der Waals surface area contributed by atoms with Crippen LogP contribution in [0.1, 0.15) is 16.1 Å². The molecule has 0 radical (unpaired) electrons. The Bertz CT molecular complexity index is 514. The van der Waals surface area contributed by atoms with E-state index in [2.05, 4.69) is 4.98 Å². The third kappa shape index (κ3) is 1.12. The maximum Gasteiger partial charge on any atom is 0.352 e. The van der Waals surface area contributed by atoms with Crippen molar-refractivity contribution in [2.45, 2.75) is 6.92 Å². The third-order valence-electron chi connectivity index (χ3n) is 2.35. The maximum absolute atomic E-state index is 10.7. The van der Waals surface area contributed by atoms with E-state index < -0.39 is 5.97 Å². The number of hydrogen-bond donors (Lipinski definition) is 3. The van der Waals surface area contributed by atoms with Crippen molar-refractivity contribution in [1.29, 1.82) is 0 Å². The van der Waals surface area contributed by atoms with Crippen molar-refractivity contribution in [3.63, 3.8) is 0 Å². The zero-order chi connectivity index (χ0) is 10.3. The van der Waals surface area contributed by atoms with Crippen molar-refractivity contribution in [2.24, 2.45) is 0 Å². The van der Waals surface area contributed by atoms with Crippen molar-refractivity contribution < 1.29 is 9.90 Å². The highest BCUT2D eigenvalue weighted by molar-refractivity contribution is 5.96. The van der Waals surface area contributed by atoms with Crippen LogP contribution in [0.25, 0.3) is 10.9 Å². The lowest BCUT2D eigenvalue weighted by molar-refractivity contribution is 0.0691. The largest absolute Gasteiger partial charge is 0.477 e. The summed E-state index contributed by atoms with van der Waals surface area (Å²) in [5.74, 6) is -0.959. The molecular weight excluding hydrogens is 180 g/mol. The summed E-state index contributed by atoms with van der Waals surface area (Å²) in [4.78, 5) is 13.5. The number of aromatic amines is 1. The second kappa shape index (κ2) is 2.77. The Hall–Kier alpha value is -1.97. The number of nitrogen functional groups attached to an aromatic ring is 1. The van der Waals surface area contributed by atoms with Gasteiger partial charge in [-0.25, -0.2) is 4.79 Å². The van der Waals surface area contributed by atoms with Gasteiger partial charge in [0.2, 0.25) is 0 Å².